The number of rotatable bonds is 4. The number of morpholine rings is 1. The van der Waals surface area contributed by atoms with Crippen molar-refractivity contribution in [2.45, 2.75) is 31.0 Å². The van der Waals surface area contributed by atoms with E-state index < -0.39 is 35.6 Å². The van der Waals surface area contributed by atoms with Gasteiger partial charge in [-0.3, -0.25) is 9.59 Å². The van der Waals surface area contributed by atoms with Gasteiger partial charge in [0.15, 0.2) is 0 Å². The van der Waals surface area contributed by atoms with E-state index >= 15 is 0 Å². The Bertz CT molecular complexity index is 676. The lowest BCUT2D eigenvalue weighted by atomic mass is 10.0. The topological polar surface area (TPSA) is 66.8 Å². The molecule has 8 heteroatoms. The molecular formula is C17H18F3NO4. The predicted octanol–water partition coefficient (Wildman–Crippen LogP) is 2.51. The molecule has 2 aliphatic rings. The van der Waals surface area contributed by atoms with Gasteiger partial charge in [0.1, 0.15) is 0 Å². The molecule has 0 bridgehead atoms. The molecule has 1 heterocycles. The molecule has 0 radical (unpaired) electrons. The number of benzene rings is 1. The molecule has 1 amide bonds. The standard InChI is InChI=1S/C17H18F3NO4/c18-17(19,20)14-4-2-1-3-11(14)12-8-13(12)16(24)21-5-6-25-10(9-21)7-15(22)23/h1-4,10,12-13H,5-9H2,(H,22,23)/t10-,12-,13-/m1/s1. The zero-order chi connectivity index (χ0) is 18.2. The largest absolute Gasteiger partial charge is 0.481 e. The Morgan fingerprint density at radius 2 is 2.00 bits per heavy atom. The number of hydrogen-bond donors (Lipinski definition) is 1. The number of carboxylic acid groups (broad SMARTS) is 1. The van der Waals surface area contributed by atoms with Crippen LogP contribution < -0.4 is 0 Å². The molecular weight excluding hydrogens is 339 g/mol. The summed E-state index contributed by atoms with van der Waals surface area (Å²) in [7, 11) is 0. The molecule has 1 N–H and O–H groups in total. The minimum atomic E-state index is -4.45. The first kappa shape index (κ1) is 17.7. The second-order valence-corrected chi connectivity index (χ2v) is 6.41. The van der Waals surface area contributed by atoms with Crippen molar-refractivity contribution in [2.75, 3.05) is 19.7 Å². The van der Waals surface area contributed by atoms with Crippen molar-refractivity contribution in [3.05, 3.63) is 35.4 Å². The van der Waals surface area contributed by atoms with Crippen LogP contribution in [0.4, 0.5) is 13.2 Å². The number of halogens is 3. The van der Waals surface area contributed by atoms with Crippen LogP contribution in [0.25, 0.3) is 0 Å². The summed E-state index contributed by atoms with van der Waals surface area (Å²) < 4.78 is 44.7. The molecule has 1 saturated carbocycles. The fourth-order valence-electron chi connectivity index (χ4n) is 3.36. The molecule has 25 heavy (non-hydrogen) atoms. The molecule has 1 aromatic carbocycles. The molecule has 3 atom stereocenters. The van der Waals surface area contributed by atoms with Crippen molar-refractivity contribution in [3.63, 3.8) is 0 Å². The third-order valence-corrected chi connectivity index (χ3v) is 4.63. The first-order chi connectivity index (χ1) is 11.8. The first-order valence-electron chi connectivity index (χ1n) is 8.05. The molecule has 0 unspecified atom stereocenters. The Labute approximate surface area is 142 Å². The summed E-state index contributed by atoms with van der Waals surface area (Å²) in [6.07, 6.45) is -4.84. The summed E-state index contributed by atoms with van der Waals surface area (Å²) in [6.45, 7) is 0.731. The van der Waals surface area contributed by atoms with Crippen molar-refractivity contribution < 1.29 is 32.6 Å². The van der Waals surface area contributed by atoms with E-state index in [-0.39, 0.29) is 31.0 Å². The van der Waals surface area contributed by atoms with Crippen molar-refractivity contribution in [1.29, 1.82) is 0 Å². The molecule has 2 fully saturated rings. The lowest BCUT2D eigenvalue weighted by Gasteiger charge is -2.32. The first-order valence-corrected chi connectivity index (χ1v) is 8.05. The minimum Gasteiger partial charge on any atom is -0.481 e. The van der Waals surface area contributed by atoms with Crippen LogP contribution in [-0.4, -0.2) is 47.7 Å². The second kappa shape index (κ2) is 6.67. The fraction of sp³-hybridized carbons (Fsp3) is 0.529. The molecule has 0 aromatic heterocycles. The van der Waals surface area contributed by atoms with Crippen LogP contribution in [0.1, 0.15) is 29.9 Å². The third kappa shape index (κ3) is 3.95. The molecule has 5 nitrogen and oxygen atoms in total. The summed E-state index contributed by atoms with van der Waals surface area (Å²) in [6, 6.07) is 5.34. The molecule has 1 aromatic rings. The number of ether oxygens (including phenoxy) is 1. The van der Waals surface area contributed by atoms with Gasteiger partial charge in [0.25, 0.3) is 0 Å². The average Bonchev–Trinajstić information content (AvgIpc) is 3.33. The quantitative estimate of drug-likeness (QED) is 0.899. The summed E-state index contributed by atoms with van der Waals surface area (Å²) in [5, 5.41) is 8.82. The van der Waals surface area contributed by atoms with Crippen LogP contribution >= 0.6 is 0 Å². The normalized spacial score (nSPS) is 26.4. The Balaban J connectivity index is 1.68. The highest BCUT2D eigenvalue weighted by Crippen LogP contribution is 2.51. The van der Waals surface area contributed by atoms with Crippen molar-refractivity contribution in [3.8, 4) is 0 Å². The van der Waals surface area contributed by atoms with Gasteiger partial charge >= 0.3 is 12.1 Å². The van der Waals surface area contributed by atoms with Crippen molar-refractivity contribution in [2.24, 2.45) is 5.92 Å². The van der Waals surface area contributed by atoms with Gasteiger partial charge in [-0.2, -0.15) is 13.2 Å². The van der Waals surface area contributed by atoms with E-state index in [0.29, 0.717) is 13.0 Å². The predicted molar refractivity (Wildman–Crippen MR) is 80.9 cm³/mol. The Morgan fingerprint density at radius 1 is 1.28 bits per heavy atom. The fourth-order valence-corrected chi connectivity index (χ4v) is 3.36. The zero-order valence-corrected chi connectivity index (χ0v) is 13.3. The van der Waals surface area contributed by atoms with E-state index in [9.17, 15) is 22.8 Å². The number of nitrogens with zero attached hydrogens (tertiary/aromatic N) is 1. The van der Waals surface area contributed by atoms with E-state index in [2.05, 4.69) is 0 Å². The van der Waals surface area contributed by atoms with E-state index in [1.165, 1.54) is 17.0 Å². The highest BCUT2D eigenvalue weighted by atomic mass is 19.4. The van der Waals surface area contributed by atoms with Gasteiger partial charge in [-0.25, -0.2) is 0 Å². The number of amides is 1. The Hall–Kier alpha value is -2.09. The molecule has 1 aliphatic heterocycles. The number of hydrogen-bond acceptors (Lipinski definition) is 3. The second-order valence-electron chi connectivity index (χ2n) is 6.41. The van der Waals surface area contributed by atoms with E-state index in [1.54, 1.807) is 6.07 Å². The van der Waals surface area contributed by atoms with Gasteiger partial charge in [0.05, 0.1) is 24.7 Å². The van der Waals surface area contributed by atoms with Crippen LogP contribution in [-0.2, 0) is 20.5 Å². The van der Waals surface area contributed by atoms with Crippen LogP contribution in [0, 0.1) is 5.92 Å². The highest BCUT2D eigenvalue weighted by molar-refractivity contribution is 5.83. The highest BCUT2D eigenvalue weighted by Gasteiger charge is 2.49. The summed E-state index contributed by atoms with van der Waals surface area (Å²) in [5.41, 5.74) is -0.537. The minimum absolute atomic E-state index is 0.156. The van der Waals surface area contributed by atoms with Crippen LogP contribution in [0.15, 0.2) is 24.3 Å². The summed E-state index contributed by atoms with van der Waals surface area (Å²) in [4.78, 5) is 24.9. The number of carbonyl (C=O) groups excluding carboxylic acids is 1. The summed E-state index contributed by atoms with van der Waals surface area (Å²) >= 11 is 0. The smallest absolute Gasteiger partial charge is 0.416 e. The van der Waals surface area contributed by atoms with Gasteiger partial charge < -0.3 is 14.7 Å². The Kier molecular flexibility index (Phi) is 4.73. The molecule has 1 aliphatic carbocycles. The Morgan fingerprint density at radius 3 is 2.68 bits per heavy atom. The number of carbonyl (C=O) groups is 2. The van der Waals surface area contributed by atoms with E-state index in [4.69, 9.17) is 9.84 Å². The molecule has 3 rings (SSSR count). The number of carboxylic acids is 1. The van der Waals surface area contributed by atoms with Gasteiger partial charge in [-0.15, -0.1) is 0 Å². The monoisotopic (exact) mass is 357 g/mol. The lowest BCUT2D eigenvalue weighted by Crippen LogP contribution is -2.47. The van der Waals surface area contributed by atoms with Gasteiger partial charge in [0, 0.05) is 19.0 Å². The van der Waals surface area contributed by atoms with Gasteiger partial charge in [-0.1, -0.05) is 18.2 Å². The van der Waals surface area contributed by atoms with Gasteiger partial charge in [0.2, 0.25) is 5.91 Å². The SMILES string of the molecule is O=C(O)C[C@@H]1CN(C(=O)[C@@H]2C[C@@H]2c2ccccc2C(F)(F)F)CCO1. The average molecular weight is 357 g/mol. The maximum absolute atomic E-state index is 13.1. The van der Waals surface area contributed by atoms with E-state index in [0.717, 1.165) is 6.07 Å². The molecule has 0 spiro atoms. The summed E-state index contributed by atoms with van der Waals surface area (Å²) in [5.74, 6) is -2.15. The van der Waals surface area contributed by atoms with Gasteiger partial charge in [-0.05, 0) is 24.0 Å². The lowest BCUT2D eigenvalue weighted by molar-refractivity contribution is -0.148. The van der Waals surface area contributed by atoms with Crippen molar-refractivity contribution >= 4 is 11.9 Å². The maximum Gasteiger partial charge on any atom is 0.416 e. The van der Waals surface area contributed by atoms with Crippen LogP contribution in [0.5, 0.6) is 0 Å². The zero-order valence-electron chi connectivity index (χ0n) is 13.3. The molecule has 1 saturated heterocycles. The molecule has 136 valence electrons. The number of aliphatic carboxylic acids is 1. The maximum atomic E-state index is 13.1. The van der Waals surface area contributed by atoms with Crippen molar-refractivity contribution in [1.82, 2.24) is 4.90 Å². The number of alkyl halides is 3. The third-order valence-electron chi connectivity index (χ3n) is 4.63. The van der Waals surface area contributed by atoms with Crippen LogP contribution in [0.2, 0.25) is 0 Å². The van der Waals surface area contributed by atoms with Crippen LogP contribution in [0.3, 0.4) is 0 Å². The van der Waals surface area contributed by atoms with E-state index in [1.807, 2.05) is 0 Å².